The summed E-state index contributed by atoms with van der Waals surface area (Å²) in [6, 6.07) is 0.998. The Kier molecular flexibility index (Phi) is 4.38. The number of aromatic nitrogens is 3. The molecule has 1 aromatic heterocycles. The van der Waals surface area contributed by atoms with Gasteiger partial charge in [-0.2, -0.15) is 15.0 Å². The first-order valence-corrected chi connectivity index (χ1v) is 7.81. The van der Waals surface area contributed by atoms with Gasteiger partial charge in [0.1, 0.15) is 0 Å². The lowest BCUT2D eigenvalue weighted by atomic mass is 10.0. The normalized spacial score (nSPS) is 21.5. The van der Waals surface area contributed by atoms with E-state index < -0.39 is 0 Å². The second-order valence-electron chi connectivity index (χ2n) is 5.80. The lowest BCUT2D eigenvalue weighted by Gasteiger charge is -2.40. The minimum atomic E-state index is 0.218. The fourth-order valence-corrected chi connectivity index (χ4v) is 3.31. The lowest BCUT2D eigenvalue weighted by Crippen LogP contribution is -2.47. The minimum Gasteiger partial charge on any atom is -0.467 e. The van der Waals surface area contributed by atoms with Gasteiger partial charge in [-0.3, -0.25) is 0 Å². The van der Waals surface area contributed by atoms with Crippen LogP contribution in [0.2, 0.25) is 0 Å². The van der Waals surface area contributed by atoms with E-state index in [9.17, 15) is 0 Å². The minimum absolute atomic E-state index is 0.218. The van der Waals surface area contributed by atoms with Crippen molar-refractivity contribution in [1.29, 1.82) is 0 Å². The van der Waals surface area contributed by atoms with Crippen LogP contribution in [0.15, 0.2) is 0 Å². The molecule has 7 heteroatoms. The van der Waals surface area contributed by atoms with E-state index in [0.29, 0.717) is 12.0 Å². The summed E-state index contributed by atoms with van der Waals surface area (Å²) in [6.45, 7) is 4.45. The first-order valence-electron chi connectivity index (χ1n) is 7.81. The van der Waals surface area contributed by atoms with Crippen molar-refractivity contribution in [2.45, 2.75) is 38.1 Å². The summed E-state index contributed by atoms with van der Waals surface area (Å²) in [5, 5.41) is 0. The van der Waals surface area contributed by atoms with Crippen molar-refractivity contribution >= 4 is 11.9 Å². The molecular formula is C14H24N6O. The highest BCUT2D eigenvalue weighted by Gasteiger charge is 2.27. The second kappa shape index (κ2) is 6.43. The Balaban J connectivity index is 1.61. The number of rotatable bonds is 3. The molecule has 3 heterocycles. The first kappa shape index (κ1) is 14.3. The van der Waals surface area contributed by atoms with E-state index in [0.717, 1.165) is 25.9 Å². The molecule has 2 N–H and O–H groups in total. The average molecular weight is 292 g/mol. The van der Waals surface area contributed by atoms with Crippen molar-refractivity contribution in [3.63, 3.8) is 0 Å². The highest BCUT2D eigenvalue weighted by Crippen LogP contribution is 2.23. The largest absolute Gasteiger partial charge is 0.467 e. The number of likely N-dealkylation sites (tertiary alicyclic amines) is 1. The lowest BCUT2D eigenvalue weighted by molar-refractivity contribution is 0.141. The first-order chi connectivity index (χ1) is 10.3. The van der Waals surface area contributed by atoms with Gasteiger partial charge in [-0.25, -0.2) is 0 Å². The van der Waals surface area contributed by atoms with Gasteiger partial charge >= 0.3 is 6.01 Å². The molecule has 0 aliphatic carbocycles. The molecule has 1 aromatic rings. The monoisotopic (exact) mass is 292 g/mol. The number of nitrogens with two attached hydrogens (primary N) is 1. The van der Waals surface area contributed by atoms with Gasteiger partial charge in [-0.15, -0.1) is 0 Å². The van der Waals surface area contributed by atoms with Crippen LogP contribution in [0.25, 0.3) is 0 Å². The Morgan fingerprint density at radius 2 is 1.71 bits per heavy atom. The molecule has 7 nitrogen and oxygen atoms in total. The smallest absolute Gasteiger partial charge is 0.322 e. The quantitative estimate of drug-likeness (QED) is 0.887. The highest BCUT2D eigenvalue weighted by atomic mass is 16.5. The molecule has 2 aliphatic heterocycles. The van der Waals surface area contributed by atoms with Gasteiger partial charge in [0, 0.05) is 19.1 Å². The van der Waals surface area contributed by atoms with Crippen molar-refractivity contribution in [2.24, 2.45) is 0 Å². The fraction of sp³-hybridized carbons (Fsp3) is 0.786. The molecule has 0 amide bonds. The van der Waals surface area contributed by atoms with Crippen molar-refractivity contribution in [3.8, 4) is 6.01 Å². The van der Waals surface area contributed by atoms with Crippen LogP contribution in [0.5, 0.6) is 6.01 Å². The van der Waals surface area contributed by atoms with Gasteiger partial charge in [0.15, 0.2) is 0 Å². The van der Waals surface area contributed by atoms with E-state index in [4.69, 9.17) is 10.5 Å². The topological polar surface area (TPSA) is 80.4 Å². The maximum Gasteiger partial charge on any atom is 0.322 e. The molecule has 0 unspecified atom stereocenters. The number of piperidine rings is 2. The molecular weight excluding hydrogens is 268 g/mol. The number of nitrogen functional groups attached to an aromatic ring is 1. The molecule has 0 radical (unpaired) electrons. The molecule has 2 fully saturated rings. The van der Waals surface area contributed by atoms with Crippen LogP contribution in [0.1, 0.15) is 32.1 Å². The number of anilines is 2. The SMILES string of the molecule is COc1nc(N)nc(N2CCC(N3CCCCC3)CC2)n1. The summed E-state index contributed by atoms with van der Waals surface area (Å²) in [7, 11) is 1.54. The van der Waals surface area contributed by atoms with E-state index in [1.807, 2.05) is 0 Å². The maximum absolute atomic E-state index is 5.71. The zero-order chi connectivity index (χ0) is 14.7. The molecule has 2 saturated heterocycles. The predicted molar refractivity (Wildman–Crippen MR) is 81.5 cm³/mol. The van der Waals surface area contributed by atoms with Gasteiger partial charge in [-0.05, 0) is 38.8 Å². The van der Waals surface area contributed by atoms with Crippen LogP contribution in [-0.2, 0) is 0 Å². The Labute approximate surface area is 125 Å². The summed E-state index contributed by atoms with van der Waals surface area (Å²) >= 11 is 0. The second-order valence-corrected chi connectivity index (χ2v) is 5.80. The summed E-state index contributed by atoms with van der Waals surface area (Å²) in [4.78, 5) is 17.3. The van der Waals surface area contributed by atoms with Crippen LogP contribution in [-0.4, -0.2) is 59.2 Å². The highest BCUT2D eigenvalue weighted by molar-refractivity contribution is 5.36. The molecule has 0 spiro atoms. The molecule has 0 saturated carbocycles. The van der Waals surface area contributed by atoms with Crippen molar-refractivity contribution in [1.82, 2.24) is 19.9 Å². The number of hydrogen-bond acceptors (Lipinski definition) is 7. The molecule has 3 rings (SSSR count). The van der Waals surface area contributed by atoms with E-state index in [1.54, 1.807) is 7.11 Å². The Morgan fingerprint density at radius 3 is 2.38 bits per heavy atom. The number of methoxy groups -OCH3 is 1. The van der Waals surface area contributed by atoms with Crippen LogP contribution in [0, 0.1) is 0 Å². The van der Waals surface area contributed by atoms with Crippen molar-refractivity contribution in [2.75, 3.05) is 43.9 Å². The zero-order valence-electron chi connectivity index (χ0n) is 12.7. The summed E-state index contributed by atoms with van der Waals surface area (Å²) < 4.78 is 5.07. The van der Waals surface area contributed by atoms with Gasteiger partial charge in [-0.1, -0.05) is 6.42 Å². The fourth-order valence-electron chi connectivity index (χ4n) is 3.31. The van der Waals surface area contributed by atoms with Gasteiger partial charge in [0.05, 0.1) is 7.11 Å². The molecule has 21 heavy (non-hydrogen) atoms. The van der Waals surface area contributed by atoms with Crippen LogP contribution >= 0.6 is 0 Å². The summed E-state index contributed by atoms with van der Waals surface area (Å²) in [6.07, 6.45) is 6.41. The Hall–Kier alpha value is -1.63. The molecule has 2 aliphatic rings. The average Bonchev–Trinajstić information content (AvgIpc) is 2.55. The van der Waals surface area contributed by atoms with Gasteiger partial charge < -0.3 is 20.3 Å². The third-order valence-electron chi connectivity index (χ3n) is 4.46. The number of ether oxygens (including phenoxy) is 1. The van der Waals surface area contributed by atoms with Crippen LogP contribution in [0.4, 0.5) is 11.9 Å². The summed E-state index contributed by atoms with van der Waals surface area (Å²) in [5.41, 5.74) is 5.71. The zero-order valence-corrected chi connectivity index (χ0v) is 12.7. The third-order valence-corrected chi connectivity index (χ3v) is 4.46. The Morgan fingerprint density at radius 1 is 1.00 bits per heavy atom. The van der Waals surface area contributed by atoms with E-state index in [1.165, 1.54) is 32.4 Å². The number of hydrogen-bond donors (Lipinski definition) is 1. The maximum atomic E-state index is 5.71. The standard InChI is InChI=1S/C14H24N6O/c1-21-14-17-12(15)16-13(18-14)20-9-5-11(6-10-20)19-7-3-2-4-8-19/h11H,2-10H2,1H3,(H2,15,16,17,18). The van der Waals surface area contributed by atoms with Gasteiger partial charge in [0.25, 0.3) is 0 Å². The van der Waals surface area contributed by atoms with E-state index >= 15 is 0 Å². The Bertz CT molecular complexity index is 469. The van der Waals surface area contributed by atoms with E-state index in [2.05, 4.69) is 24.8 Å². The van der Waals surface area contributed by atoms with Crippen molar-refractivity contribution < 1.29 is 4.74 Å². The van der Waals surface area contributed by atoms with E-state index in [-0.39, 0.29) is 12.0 Å². The predicted octanol–water partition coefficient (Wildman–Crippen LogP) is 0.917. The molecule has 0 atom stereocenters. The van der Waals surface area contributed by atoms with Crippen molar-refractivity contribution in [3.05, 3.63) is 0 Å². The molecule has 116 valence electrons. The molecule has 0 bridgehead atoms. The molecule has 0 aromatic carbocycles. The summed E-state index contributed by atoms with van der Waals surface area (Å²) in [5.74, 6) is 0.853. The van der Waals surface area contributed by atoms with Crippen LogP contribution < -0.4 is 15.4 Å². The number of nitrogens with zero attached hydrogens (tertiary/aromatic N) is 5. The third kappa shape index (κ3) is 3.34. The van der Waals surface area contributed by atoms with Crippen LogP contribution in [0.3, 0.4) is 0 Å². The van der Waals surface area contributed by atoms with Gasteiger partial charge in [0.2, 0.25) is 11.9 Å².